The zero-order chi connectivity index (χ0) is 13.7. The molecule has 1 amide bonds. The van der Waals surface area contributed by atoms with Gasteiger partial charge in [0, 0.05) is 0 Å². The second-order valence-corrected chi connectivity index (χ2v) is 4.48. The van der Waals surface area contributed by atoms with Crippen LogP contribution in [0.15, 0.2) is 41.0 Å². The minimum Gasteiger partial charge on any atom is -0.446 e. The van der Waals surface area contributed by atoms with E-state index in [0.717, 1.165) is 17.7 Å². The first-order valence-corrected chi connectivity index (χ1v) is 6.46. The molecular weight excluding hydrogens is 240 g/mol. The van der Waals surface area contributed by atoms with Gasteiger partial charge >= 0.3 is 0 Å². The number of nitrogens with zero attached hydrogens (tertiary/aromatic N) is 1. The predicted octanol–water partition coefficient (Wildman–Crippen LogP) is 2.66. The molecule has 0 saturated heterocycles. The number of carbonyl (C=O) groups excluding carboxylic acids is 1. The zero-order valence-electron chi connectivity index (χ0n) is 11.2. The molecule has 19 heavy (non-hydrogen) atoms. The Hall–Kier alpha value is -2.10. The normalized spacial score (nSPS) is 12.1. The number of amides is 1. The summed E-state index contributed by atoms with van der Waals surface area (Å²) < 4.78 is 5.34. The van der Waals surface area contributed by atoms with E-state index >= 15 is 0 Å². The monoisotopic (exact) mass is 258 g/mol. The smallest absolute Gasteiger partial charge is 0.225 e. The molecule has 0 saturated carbocycles. The Balaban J connectivity index is 1.91. The van der Waals surface area contributed by atoms with E-state index in [9.17, 15) is 4.79 Å². The summed E-state index contributed by atoms with van der Waals surface area (Å²) in [5.74, 6) is 0.521. The Kier molecular flexibility index (Phi) is 4.34. The molecule has 0 aliphatic rings. The van der Waals surface area contributed by atoms with Crippen molar-refractivity contribution in [2.45, 2.75) is 32.7 Å². The van der Waals surface area contributed by atoms with Gasteiger partial charge in [-0.25, -0.2) is 4.98 Å². The number of hydrogen-bond acceptors (Lipinski definition) is 3. The summed E-state index contributed by atoms with van der Waals surface area (Å²) >= 11 is 0. The highest BCUT2D eigenvalue weighted by Crippen LogP contribution is 2.12. The van der Waals surface area contributed by atoms with Gasteiger partial charge in [-0.15, -0.1) is 0 Å². The Bertz CT molecular complexity index is 534. The average Bonchev–Trinajstić information content (AvgIpc) is 2.88. The highest BCUT2D eigenvalue weighted by molar-refractivity contribution is 5.78. The molecule has 100 valence electrons. The van der Waals surface area contributed by atoms with Crippen LogP contribution >= 0.6 is 0 Å². The zero-order valence-corrected chi connectivity index (χ0v) is 11.2. The third-order valence-electron chi connectivity index (χ3n) is 2.89. The third kappa shape index (κ3) is 3.68. The van der Waals surface area contributed by atoms with E-state index in [1.54, 1.807) is 6.26 Å². The van der Waals surface area contributed by atoms with Gasteiger partial charge in [-0.3, -0.25) is 4.79 Å². The van der Waals surface area contributed by atoms with Gasteiger partial charge in [0.15, 0.2) is 0 Å². The highest BCUT2D eigenvalue weighted by Gasteiger charge is 2.14. The largest absolute Gasteiger partial charge is 0.446 e. The summed E-state index contributed by atoms with van der Waals surface area (Å²) in [6, 6.07) is 9.44. The lowest BCUT2D eigenvalue weighted by Crippen LogP contribution is -2.28. The Morgan fingerprint density at radius 1 is 1.37 bits per heavy atom. The molecule has 1 aromatic carbocycles. The minimum atomic E-state index is -0.212. The van der Waals surface area contributed by atoms with Gasteiger partial charge in [-0.05, 0) is 18.9 Å². The van der Waals surface area contributed by atoms with E-state index < -0.39 is 0 Å². The molecule has 0 radical (unpaired) electrons. The van der Waals surface area contributed by atoms with Crippen LogP contribution in [0.4, 0.5) is 0 Å². The van der Waals surface area contributed by atoms with Crippen LogP contribution in [0.2, 0.25) is 0 Å². The molecule has 1 heterocycles. The van der Waals surface area contributed by atoms with Gasteiger partial charge in [-0.2, -0.15) is 0 Å². The quantitative estimate of drug-likeness (QED) is 0.897. The SMILES string of the molecule is CCc1coc(C(C)NC(=O)Cc2ccccc2)n1. The second kappa shape index (κ2) is 6.18. The van der Waals surface area contributed by atoms with Crippen LogP contribution in [0.25, 0.3) is 0 Å². The van der Waals surface area contributed by atoms with Gasteiger partial charge in [0.1, 0.15) is 12.3 Å². The first-order chi connectivity index (χ1) is 9.19. The Morgan fingerprint density at radius 3 is 2.74 bits per heavy atom. The van der Waals surface area contributed by atoms with Crippen LogP contribution in [0, 0.1) is 0 Å². The molecule has 1 N–H and O–H groups in total. The van der Waals surface area contributed by atoms with Crippen molar-refractivity contribution in [2.75, 3.05) is 0 Å². The van der Waals surface area contributed by atoms with Crippen LogP contribution in [-0.4, -0.2) is 10.9 Å². The second-order valence-electron chi connectivity index (χ2n) is 4.48. The Labute approximate surface area is 112 Å². The van der Waals surface area contributed by atoms with Crippen molar-refractivity contribution in [1.82, 2.24) is 10.3 Å². The molecule has 2 rings (SSSR count). The standard InChI is InChI=1S/C15H18N2O2/c1-3-13-10-19-15(17-13)11(2)16-14(18)9-12-7-5-4-6-8-12/h4-8,10-11H,3,9H2,1-2H3,(H,16,18). The molecule has 0 aliphatic heterocycles. The van der Waals surface area contributed by atoms with Gasteiger partial charge in [-0.1, -0.05) is 37.3 Å². The maximum absolute atomic E-state index is 11.9. The molecular formula is C15H18N2O2. The molecule has 0 fully saturated rings. The average molecular weight is 258 g/mol. The van der Waals surface area contributed by atoms with Gasteiger partial charge < -0.3 is 9.73 Å². The highest BCUT2D eigenvalue weighted by atomic mass is 16.3. The number of benzene rings is 1. The number of oxazole rings is 1. The lowest BCUT2D eigenvalue weighted by molar-refractivity contribution is -0.121. The third-order valence-corrected chi connectivity index (χ3v) is 2.89. The molecule has 1 atom stereocenters. The molecule has 1 unspecified atom stereocenters. The first-order valence-electron chi connectivity index (χ1n) is 6.46. The molecule has 4 nitrogen and oxygen atoms in total. The first kappa shape index (κ1) is 13.3. The summed E-state index contributed by atoms with van der Waals surface area (Å²) in [6.07, 6.45) is 2.83. The van der Waals surface area contributed by atoms with E-state index in [0.29, 0.717) is 12.3 Å². The van der Waals surface area contributed by atoms with Crippen molar-refractivity contribution in [1.29, 1.82) is 0 Å². The molecule has 0 bridgehead atoms. The van der Waals surface area contributed by atoms with Crippen molar-refractivity contribution in [2.24, 2.45) is 0 Å². The van der Waals surface area contributed by atoms with Crippen LogP contribution < -0.4 is 5.32 Å². The molecule has 0 aliphatic carbocycles. The van der Waals surface area contributed by atoms with E-state index in [-0.39, 0.29) is 11.9 Å². The van der Waals surface area contributed by atoms with Gasteiger partial charge in [0.05, 0.1) is 12.1 Å². The topological polar surface area (TPSA) is 55.1 Å². The molecule has 1 aromatic heterocycles. The number of aryl methyl sites for hydroxylation is 1. The Morgan fingerprint density at radius 2 is 2.11 bits per heavy atom. The fourth-order valence-corrected chi connectivity index (χ4v) is 1.82. The lowest BCUT2D eigenvalue weighted by atomic mass is 10.1. The van der Waals surface area contributed by atoms with Gasteiger partial charge in [0.2, 0.25) is 11.8 Å². The number of rotatable bonds is 5. The van der Waals surface area contributed by atoms with Crippen molar-refractivity contribution in [3.63, 3.8) is 0 Å². The van der Waals surface area contributed by atoms with Crippen LogP contribution in [0.1, 0.15) is 37.0 Å². The fourth-order valence-electron chi connectivity index (χ4n) is 1.82. The number of nitrogens with one attached hydrogen (secondary N) is 1. The maximum Gasteiger partial charge on any atom is 0.225 e. The fraction of sp³-hybridized carbons (Fsp3) is 0.333. The summed E-state index contributed by atoms with van der Waals surface area (Å²) in [4.78, 5) is 16.2. The van der Waals surface area contributed by atoms with E-state index in [1.165, 1.54) is 0 Å². The molecule has 0 spiro atoms. The summed E-state index contributed by atoms with van der Waals surface area (Å²) in [5.41, 5.74) is 1.90. The minimum absolute atomic E-state index is 0.0325. The molecule has 4 heteroatoms. The van der Waals surface area contributed by atoms with Gasteiger partial charge in [0.25, 0.3) is 0 Å². The maximum atomic E-state index is 11.9. The van der Waals surface area contributed by atoms with E-state index in [2.05, 4.69) is 10.3 Å². The number of carbonyl (C=O) groups is 1. The van der Waals surface area contributed by atoms with Crippen molar-refractivity contribution in [3.05, 3.63) is 53.7 Å². The van der Waals surface area contributed by atoms with Crippen molar-refractivity contribution < 1.29 is 9.21 Å². The number of hydrogen-bond donors (Lipinski definition) is 1. The van der Waals surface area contributed by atoms with Crippen LogP contribution in [-0.2, 0) is 17.6 Å². The van der Waals surface area contributed by atoms with Crippen LogP contribution in [0.5, 0.6) is 0 Å². The predicted molar refractivity (Wildman–Crippen MR) is 72.6 cm³/mol. The summed E-state index contributed by atoms with van der Waals surface area (Å²) in [6.45, 7) is 3.88. The molecule has 2 aromatic rings. The van der Waals surface area contributed by atoms with Crippen molar-refractivity contribution in [3.8, 4) is 0 Å². The summed E-state index contributed by atoms with van der Waals surface area (Å²) in [7, 11) is 0. The van der Waals surface area contributed by atoms with Crippen molar-refractivity contribution >= 4 is 5.91 Å². The summed E-state index contributed by atoms with van der Waals surface area (Å²) in [5, 5.41) is 2.89. The van der Waals surface area contributed by atoms with E-state index in [4.69, 9.17) is 4.42 Å². The number of aromatic nitrogens is 1. The van der Waals surface area contributed by atoms with E-state index in [1.807, 2.05) is 44.2 Å². The van der Waals surface area contributed by atoms with Crippen LogP contribution in [0.3, 0.4) is 0 Å². The lowest BCUT2D eigenvalue weighted by Gasteiger charge is -2.10.